The number of methoxy groups -OCH3 is 1. The van der Waals surface area contributed by atoms with Crippen LogP contribution >= 0.6 is 0 Å². The highest BCUT2D eigenvalue weighted by Crippen LogP contribution is 2.26. The van der Waals surface area contributed by atoms with Crippen LogP contribution in [-0.4, -0.2) is 46.7 Å². The van der Waals surface area contributed by atoms with E-state index in [0.717, 1.165) is 37.2 Å². The lowest BCUT2D eigenvalue weighted by Crippen LogP contribution is -2.40. The van der Waals surface area contributed by atoms with Crippen LogP contribution in [0.1, 0.15) is 37.8 Å². The van der Waals surface area contributed by atoms with Gasteiger partial charge in [-0.25, -0.2) is 13.1 Å². The number of nitrogens with one attached hydrogen (secondary N) is 1. The summed E-state index contributed by atoms with van der Waals surface area (Å²) in [6.45, 7) is 4.71. The van der Waals surface area contributed by atoms with Crippen LogP contribution in [-0.2, 0) is 10.0 Å². The minimum atomic E-state index is -3.60. The number of nitrogens with zero attached hydrogens (tertiary/aromatic N) is 1. The Bertz CT molecular complexity index is 861. The van der Waals surface area contributed by atoms with Crippen LogP contribution < -0.4 is 14.2 Å². The smallest absolute Gasteiger partial charge is 0.240 e. The monoisotopic (exact) mass is 418 g/mol. The van der Waals surface area contributed by atoms with Crippen molar-refractivity contribution in [3.8, 4) is 11.5 Å². The summed E-state index contributed by atoms with van der Waals surface area (Å²) in [5.74, 6) is 1.46. The predicted octanol–water partition coefficient (Wildman–Crippen LogP) is 3.60. The normalized spacial score (nSPS) is 16.3. The molecule has 1 atom stereocenters. The van der Waals surface area contributed by atoms with Crippen molar-refractivity contribution >= 4 is 10.0 Å². The van der Waals surface area contributed by atoms with Crippen LogP contribution in [0.2, 0.25) is 0 Å². The van der Waals surface area contributed by atoms with E-state index in [0.29, 0.717) is 18.9 Å². The lowest BCUT2D eigenvalue weighted by atomic mass is 10.0. The minimum absolute atomic E-state index is 0.0151. The fourth-order valence-electron chi connectivity index (χ4n) is 3.67. The Labute approximate surface area is 173 Å². The first-order chi connectivity index (χ1) is 14.0. The van der Waals surface area contributed by atoms with Crippen LogP contribution in [0.15, 0.2) is 53.4 Å². The van der Waals surface area contributed by atoms with Crippen molar-refractivity contribution in [2.45, 2.75) is 37.1 Å². The highest BCUT2D eigenvalue weighted by atomic mass is 32.2. The van der Waals surface area contributed by atoms with Gasteiger partial charge in [-0.2, -0.15) is 0 Å². The molecule has 0 saturated carbocycles. The Morgan fingerprint density at radius 3 is 2.17 bits per heavy atom. The zero-order valence-electron chi connectivity index (χ0n) is 17.1. The lowest BCUT2D eigenvalue weighted by molar-refractivity contribution is 0.164. The average Bonchev–Trinajstić information content (AvgIpc) is 2.76. The van der Waals surface area contributed by atoms with Crippen molar-refractivity contribution in [2.24, 2.45) is 0 Å². The number of benzene rings is 2. The molecule has 1 saturated heterocycles. The summed E-state index contributed by atoms with van der Waals surface area (Å²) >= 11 is 0. The Balaban J connectivity index is 1.75. The molecule has 0 spiro atoms. The quantitative estimate of drug-likeness (QED) is 0.674. The van der Waals surface area contributed by atoms with Crippen molar-refractivity contribution in [2.75, 3.05) is 33.4 Å². The lowest BCUT2D eigenvalue weighted by Gasteiger charge is -2.35. The van der Waals surface area contributed by atoms with Crippen LogP contribution in [0.25, 0.3) is 0 Å². The van der Waals surface area contributed by atoms with E-state index in [1.54, 1.807) is 31.4 Å². The number of ether oxygens (including phenoxy) is 2. The predicted molar refractivity (Wildman–Crippen MR) is 114 cm³/mol. The van der Waals surface area contributed by atoms with Crippen molar-refractivity contribution in [1.29, 1.82) is 0 Å². The number of hydrogen-bond acceptors (Lipinski definition) is 5. The summed E-state index contributed by atoms with van der Waals surface area (Å²) < 4.78 is 39.1. The fourth-order valence-corrected chi connectivity index (χ4v) is 4.71. The molecule has 1 heterocycles. The first-order valence-electron chi connectivity index (χ1n) is 10.1. The van der Waals surface area contributed by atoms with Gasteiger partial charge in [-0.3, -0.25) is 4.90 Å². The van der Waals surface area contributed by atoms with E-state index in [1.807, 2.05) is 31.2 Å². The summed E-state index contributed by atoms with van der Waals surface area (Å²) in [5.41, 5.74) is 1.09. The summed E-state index contributed by atoms with van der Waals surface area (Å²) in [4.78, 5) is 2.61. The van der Waals surface area contributed by atoms with Gasteiger partial charge in [0.1, 0.15) is 11.5 Å². The molecular weight excluding hydrogens is 388 g/mol. The van der Waals surface area contributed by atoms with Gasteiger partial charge in [-0.15, -0.1) is 0 Å². The second-order valence-corrected chi connectivity index (χ2v) is 8.91. The molecule has 29 heavy (non-hydrogen) atoms. The Morgan fingerprint density at radius 1 is 0.966 bits per heavy atom. The third kappa shape index (κ3) is 5.72. The molecule has 0 aromatic heterocycles. The van der Waals surface area contributed by atoms with Gasteiger partial charge in [0.15, 0.2) is 0 Å². The molecule has 3 rings (SSSR count). The molecule has 1 unspecified atom stereocenters. The van der Waals surface area contributed by atoms with Crippen molar-refractivity contribution in [1.82, 2.24) is 9.62 Å². The van der Waals surface area contributed by atoms with E-state index in [2.05, 4.69) is 9.62 Å². The molecule has 2 aromatic rings. The molecule has 158 valence electrons. The highest BCUT2D eigenvalue weighted by Gasteiger charge is 2.25. The molecule has 0 radical (unpaired) electrons. The highest BCUT2D eigenvalue weighted by molar-refractivity contribution is 7.89. The number of likely N-dealkylation sites (tertiary alicyclic amines) is 1. The minimum Gasteiger partial charge on any atom is -0.497 e. The first-order valence-corrected chi connectivity index (χ1v) is 11.6. The third-order valence-electron chi connectivity index (χ3n) is 5.24. The van der Waals surface area contributed by atoms with Gasteiger partial charge < -0.3 is 9.47 Å². The van der Waals surface area contributed by atoms with Crippen LogP contribution in [0.5, 0.6) is 11.5 Å². The number of hydrogen-bond donors (Lipinski definition) is 1. The van der Waals surface area contributed by atoms with Gasteiger partial charge in [-0.1, -0.05) is 18.6 Å². The van der Waals surface area contributed by atoms with Crippen LogP contribution in [0.3, 0.4) is 0 Å². The maximum absolute atomic E-state index is 12.8. The van der Waals surface area contributed by atoms with E-state index in [4.69, 9.17) is 9.47 Å². The van der Waals surface area contributed by atoms with Crippen LogP contribution in [0, 0.1) is 0 Å². The van der Waals surface area contributed by atoms with Gasteiger partial charge in [-0.05, 0) is 74.8 Å². The molecule has 1 N–H and O–H groups in total. The third-order valence-corrected chi connectivity index (χ3v) is 6.68. The summed E-state index contributed by atoms with van der Waals surface area (Å²) in [7, 11) is -1.96. The average molecular weight is 419 g/mol. The molecular formula is C22H30N2O4S. The van der Waals surface area contributed by atoms with Crippen molar-refractivity contribution in [3.05, 3.63) is 54.1 Å². The Hall–Kier alpha value is -2.09. The van der Waals surface area contributed by atoms with Gasteiger partial charge >= 0.3 is 0 Å². The molecule has 0 aliphatic carbocycles. The molecule has 6 nitrogen and oxygen atoms in total. The zero-order valence-corrected chi connectivity index (χ0v) is 18.0. The second-order valence-electron chi connectivity index (χ2n) is 7.14. The van der Waals surface area contributed by atoms with Crippen molar-refractivity contribution in [3.63, 3.8) is 0 Å². The summed E-state index contributed by atoms with van der Waals surface area (Å²) in [6, 6.07) is 14.4. The van der Waals surface area contributed by atoms with Gasteiger partial charge in [0.05, 0.1) is 18.6 Å². The van der Waals surface area contributed by atoms with E-state index < -0.39 is 10.0 Å². The van der Waals surface area contributed by atoms with Crippen LogP contribution in [0.4, 0.5) is 0 Å². The number of piperidine rings is 1. The second kappa shape index (κ2) is 10.1. The molecule has 1 aliphatic heterocycles. The van der Waals surface area contributed by atoms with Gasteiger partial charge in [0, 0.05) is 12.6 Å². The maximum Gasteiger partial charge on any atom is 0.240 e. The maximum atomic E-state index is 12.8. The van der Waals surface area contributed by atoms with Gasteiger partial charge in [0.25, 0.3) is 0 Å². The zero-order chi connectivity index (χ0) is 20.7. The first kappa shape index (κ1) is 21.6. The standard InChI is InChI=1S/C22H30N2O4S/c1-3-28-20-11-13-21(14-12-20)29(25,26)23-17-22(24-15-5-4-6-16-24)18-7-9-19(27-2)10-8-18/h7-14,22-23H,3-6,15-17H2,1-2H3. The molecule has 1 aliphatic rings. The molecule has 7 heteroatoms. The van der Waals surface area contributed by atoms with E-state index in [-0.39, 0.29) is 10.9 Å². The molecule has 0 bridgehead atoms. The SMILES string of the molecule is CCOc1ccc(S(=O)(=O)NCC(c2ccc(OC)cc2)N2CCCCC2)cc1. The molecule has 2 aromatic carbocycles. The topological polar surface area (TPSA) is 67.9 Å². The van der Waals surface area contributed by atoms with Crippen molar-refractivity contribution < 1.29 is 17.9 Å². The van der Waals surface area contributed by atoms with E-state index >= 15 is 0 Å². The number of sulfonamides is 1. The Morgan fingerprint density at radius 2 is 1.59 bits per heavy atom. The van der Waals surface area contributed by atoms with E-state index in [1.165, 1.54) is 6.42 Å². The fraction of sp³-hybridized carbons (Fsp3) is 0.455. The summed E-state index contributed by atoms with van der Waals surface area (Å²) in [5, 5.41) is 0. The van der Waals surface area contributed by atoms with Gasteiger partial charge in [0.2, 0.25) is 10.0 Å². The molecule has 0 amide bonds. The summed E-state index contributed by atoms with van der Waals surface area (Å²) in [6.07, 6.45) is 3.50. The largest absolute Gasteiger partial charge is 0.497 e. The van der Waals surface area contributed by atoms with E-state index in [9.17, 15) is 8.42 Å². The Kier molecular flexibility index (Phi) is 7.52. The number of rotatable bonds is 9. The molecule has 1 fully saturated rings.